The Hall–Kier alpha value is -1.65. The lowest BCUT2D eigenvalue weighted by molar-refractivity contribution is 0.0173. The molecular weight excluding hydrogens is 296 g/mol. The van der Waals surface area contributed by atoms with E-state index in [9.17, 15) is 0 Å². The van der Waals surface area contributed by atoms with E-state index in [1.165, 1.54) is 44.5 Å². The molecule has 2 aliphatic heterocycles. The summed E-state index contributed by atoms with van der Waals surface area (Å²) in [5, 5.41) is 0. The lowest BCUT2D eigenvalue weighted by atomic mass is 9.83. The predicted molar refractivity (Wildman–Crippen MR) is 96.6 cm³/mol. The fraction of sp³-hybridized carbons (Fsp3) is 0.550. The minimum absolute atomic E-state index is 0.781. The van der Waals surface area contributed by atoms with Crippen LogP contribution >= 0.6 is 0 Å². The Balaban J connectivity index is 1.33. The lowest BCUT2D eigenvalue weighted by Gasteiger charge is -2.47. The van der Waals surface area contributed by atoms with Crippen LogP contribution in [0.5, 0.6) is 0 Å². The van der Waals surface area contributed by atoms with Crippen molar-refractivity contribution in [2.75, 3.05) is 26.2 Å². The van der Waals surface area contributed by atoms with Crippen molar-refractivity contribution in [2.24, 2.45) is 5.92 Å². The third-order valence-electron chi connectivity index (χ3n) is 5.73. The zero-order valence-corrected chi connectivity index (χ0v) is 14.4. The van der Waals surface area contributed by atoms with Crippen molar-refractivity contribution in [3.63, 3.8) is 0 Å². The van der Waals surface area contributed by atoms with Crippen LogP contribution in [0, 0.1) is 5.92 Å². The number of piperidine rings is 2. The van der Waals surface area contributed by atoms with Gasteiger partial charge in [-0.2, -0.15) is 0 Å². The van der Waals surface area contributed by atoms with Crippen molar-refractivity contribution in [2.45, 2.75) is 38.4 Å². The van der Waals surface area contributed by atoms with Gasteiger partial charge in [-0.25, -0.2) is 4.98 Å². The van der Waals surface area contributed by atoms with Crippen LogP contribution in [0.25, 0.3) is 0 Å². The Morgan fingerprint density at radius 2 is 1.96 bits per heavy atom. The van der Waals surface area contributed by atoms with Gasteiger partial charge in [-0.05, 0) is 43.8 Å². The SMILES string of the molecule is c1ccc(CN2CCCC3CN(CCn4ccnc4)CCC32)cc1. The molecule has 0 radical (unpaired) electrons. The van der Waals surface area contributed by atoms with Crippen molar-refractivity contribution in [1.29, 1.82) is 0 Å². The largest absolute Gasteiger partial charge is 0.336 e. The van der Waals surface area contributed by atoms with Crippen molar-refractivity contribution in [3.8, 4) is 0 Å². The molecule has 2 aliphatic rings. The molecule has 0 N–H and O–H groups in total. The molecule has 2 atom stereocenters. The predicted octanol–water partition coefficient (Wildman–Crippen LogP) is 2.87. The number of benzene rings is 1. The number of hydrogen-bond donors (Lipinski definition) is 0. The van der Waals surface area contributed by atoms with E-state index in [1.807, 2.05) is 12.5 Å². The molecule has 0 saturated carbocycles. The average Bonchev–Trinajstić information content (AvgIpc) is 3.14. The summed E-state index contributed by atoms with van der Waals surface area (Å²) >= 11 is 0. The first-order valence-electron chi connectivity index (χ1n) is 9.34. The summed E-state index contributed by atoms with van der Waals surface area (Å²) in [6, 6.07) is 11.8. The second-order valence-corrected chi connectivity index (χ2v) is 7.32. The van der Waals surface area contributed by atoms with Crippen LogP contribution in [0.1, 0.15) is 24.8 Å². The average molecular weight is 324 g/mol. The smallest absolute Gasteiger partial charge is 0.0946 e. The number of rotatable bonds is 5. The quantitative estimate of drug-likeness (QED) is 0.845. The molecule has 128 valence electrons. The third kappa shape index (κ3) is 3.70. The topological polar surface area (TPSA) is 24.3 Å². The van der Waals surface area contributed by atoms with Gasteiger partial charge in [0.1, 0.15) is 0 Å². The number of hydrogen-bond acceptors (Lipinski definition) is 3. The summed E-state index contributed by atoms with van der Waals surface area (Å²) < 4.78 is 2.19. The van der Waals surface area contributed by atoms with Gasteiger partial charge in [-0.1, -0.05) is 30.3 Å². The van der Waals surface area contributed by atoms with Gasteiger partial charge >= 0.3 is 0 Å². The molecule has 2 aromatic rings. The first-order chi connectivity index (χ1) is 11.9. The summed E-state index contributed by atoms with van der Waals surface area (Å²) in [4.78, 5) is 9.55. The highest BCUT2D eigenvalue weighted by atomic mass is 15.2. The van der Waals surface area contributed by atoms with Crippen molar-refractivity contribution >= 4 is 0 Å². The van der Waals surface area contributed by atoms with Gasteiger partial charge in [-0.3, -0.25) is 4.90 Å². The highest BCUT2D eigenvalue weighted by Crippen LogP contribution is 2.31. The van der Waals surface area contributed by atoms with Gasteiger partial charge in [0, 0.05) is 44.6 Å². The lowest BCUT2D eigenvalue weighted by Crippen LogP contribution is -2.54. The molecule has 0 bridgehead atoms. The first-order valence-corrected chi connectivity index (χ1v) is 9.34. The maximum absolute atomic E-state index is 4.14. The van der Waals surface area contributed by atoms with E-state index < -0.39 is 0 Å². The molecule has 4 rings (SSSR count). The van der Waals surface area contributed by atoms with Gasteiger partial charge < -0.3 is 9.47 Å². The maximum Gasteiger partial charge on any atom is 0.0946 e. The van der Waals surface area contributed by atoms with Crippen LogP contribution < -0.4 is 0 Å². The molecule has 0 spiro atoms. The van der Waals surface area contributed by atoms with Gasteiger partial charge in [0.25, 0.3) is 0 Å². The fourth-order valence-electron chi connectivity index (χ4n) is 4.48. The number of nitrogens with zero attached hydrogens (tertiary/aromatic N) is 4. The monoisotopic (exact) mass is 324 g/mol. The van der Waals surface area contributed by atoms with Gasteiger partial charge in [0.15, 0.2) is 0 Å². The molecule has 0 amide bonds. The van der Waals surface area contributed by atoms with Gasteiger partial charge in [-0.15, -0.1) is 0 Å². The molecule has 0 aliphatic carbocycles. The molecule has 1 aromatic carbocycles. The van der Waals surface area contributed by atoms with Crippen LogP contribution in [0.15, 0.2) is 49.1 Å². The van der Waals surface area contributed by atoms with E-state index >= 15 is 0 Å². The van der Waals surface area contributed by atoms with Crippen LogP contribution in [-0.4, -0.2) is 51.6 Å². The number of likely N-dealkylation sites (tertiary alicyclic amines) is 2. The van der Waals surface area contributed by atoms with Gasteiger partial charge in [0.2, 0.25) is 0 Å². The van der Waals surface area contributed by atoms with E-state index in [-0.39, 0.29) is 0 Å². The third-order valence-corrected chi connectivity index (χ3v) is 5.73. The van der Waals surface area contributed by atoms with Crippen LogP contribution in [0.3, 0.4) is 0 Å². The van der Waals surface area contributed by atoms with Crippen molar-refractivity contribution < 1.29 is 0 Å². The molecule has 24 heavy (non-hydrogen) atoms. The second-order valence-electron chi connectivity index (χ2n) is 7.32. The zero-order chi connectivity index (χ0) is 16.2. The van der Waals surface area contributed by atoms with Crippen molar-refractivity contribution in [3.05, 3.63) is 54.6 Å². The fourth-order valence-corrected chi connectivity index (χ4v) is 4.48. The number of aromatic nitrogens is 2. The van der Waals surface area contributed by atoms with E-state index in [4.69, 9.17) is 0 Å². The number of imidazole rings is 1. The second kappa shape index (κ2) is 7.49. The molecule has 3 heterocycles. The molecule has 2 saturated heterocycles. The molecule has 2 fully saturated rings. The Bertz CT molecular complexity index is 610. The van der Waals surface area contributed by atoms with E-state index in [1.54, 1.807) is 0 Å². The minimum atomic E-state index is 0.781. The molecule has 1 aromatic heterocycles. The maximum atomic E-state index is 4.14. The molecular formula is C20H28N4. The molecule has 4 nitrogen and oxygen atoms in total. The Morgan fingerprint density at radius 3 is 2.79 bits per heavy atom. The Morgan fingerprint density at radius 1 is 1.04 bits per heavy atom. The zero-order valence-electron chi connectivity index (χ0n) is 14.4. The first kappa shape index (κ1) is 15.9. The summed E-state index contributed by atoms with van der Waals surface area (Å²) in [6.45, 7) is 7.11. The Labute approximate surface area is 145 Å². The minimum Gasteiger partial charge on any atom is -0.336 e. The van der Waals surface area contributed by atoms with E-state index in [0.29, 0.717) is 0 Å². The van der Waals surface area contributed by atoms with E-state index in [0.717, 1.165) is 31.6 Å². The van der Waals surface area contributed by atoms with Crippen molar-refractivity contribution in [1.82, 2.24) is 19.4 Å². The van der Waals surface area contributed by atoms with Gasteiger partial charge in [0.05, 0.1) is 6.33 Å². The summed E-state index contributed by atoms with van der Waals surface area (Å²) in [5.41, 5.74) is 1.46. The number of fused-ring (bicyclic) bond motifs is 1. The van der Waals surface area contributed by atoms with E-state index in [2.05, 4.69) is 55.9 Å². The normalized spacial score (nSPS) is 25.5. The summed E-state index contributed by atoms with van der Waals surface area (Å²) in [5.74, 6) is 0.846. The molecule has 2 unspecified atom stereocenters. The van der Waals surface area contributed by atoms with Crippen LogP contribution in [0.4, 0.5) is 0 Å². The standard InChI is InChI=1S/C20H28N4/c1-2-5-18(6-3-1)15-24-10-4-7-19-16-22(11-8-20(19)24)13-14-23-12-9-21-17-23/h1-3,5-6,9,12,17,19-20H,4,7-8,10-11,13-16H2. The highest BCUT2D eigenvalue weighted by molar-refractivity contribution is 5.15. The summed E-state index contributed by atoms with van der Waals surface area (Å²) in [6.07, 6.45) is 9.93. The Kier molecular flexibility index (Phi) is 4.95. The highest BCUT2D eigenvalue weighted by Gasteiger charge is 2.35. The molecule has 4 heteroatoms. The summed E-state index contributed by atoms with van der Waals surface area (Å²) in [7, 11) is 0. The van der Waals surface area contributed by atoms with Crippen LogP contribution in [0.2, 0.25) is 0 Å². The van der Waals surface area contributed by atoms with Crippen LogP contribution in [-0.2, 0) is 13.1 Å².